The zero-order valence-corrected chi connectivity index (χ0v) is 16.5. The molecule has 4 heterocycles. The van der Waals surface area contributed by atoms with Gasteiger partial charge in [0.1, 0.15) is 5.82 Å². The van der Waals surface area contributed by atoms with Gasteiger partial charge in [0.05, 0.1) is 12.1 Å². The number of nitrogens with zero attached hydrogens (tertiary/aromatic N) is 5. The second-order valence-electron chi connectivity index (χ2n) is 7.33. The van der Waals surface area contributed by atoms with E-state index in [1.54, 1.807) is 18.6 Å². The van der Waals surface area contributed by atoms with E-state index in [1.165, 1.54) is 0 Å². The summed E-state index contributed by atoms with van der Waals surface area (Å²) < 4.78 is 0. The smallest absolute Gasteiger partial charge is 0.228 e. The van der Waals surface area contributed by atoms with Crippen LogP contribution in [0.1, 0.15) is 35.7 Å². The zero-order chi connectivity index (χ0) is 20.1. The summed E-state index contributed by atoms with van der Waals surface area (Å²) in [4.78, 5) is 32.2. The van der Waals surface area contributed by atoms with Crippen molar-refractivity contribution in [3.8, 4) is 0 Å². The Kier molecular flexibility index (Phi) is 5.74. The van der Waals surface area contributed by atoms with Gasteiger partial charge >= 0.3 is 0 Å². The average molecular weight is 388 g/mol. The zero-order valence-electron chi connectivity index (χ0n) is 16.5. The number of anilines is 2. The normalized spacial score (nSPS) is 16.4. The molecular weight excluding hydrogens is 364 g/mol. The van der Waals surface area contributed by atoms with Gasteiger partial charge in [-0.05, 0) is 49.6 Å². The highest BCUT2D eigenvalue weighted by Crippen LogP contribution is 2.26. The summed E-state index contributed by atoms with van der Waals surface area (Å²) in [5.74, 6) is 1.55. The predicted molar refractivity (Wildman–Crippen MR) is 111 cm³/mol. The number of carbonyl (C=O) groups excluding carboxylic acids is 1. The third-order valence-electron chi connectivity index (χ3n) is 5.08. The minimum Gasteiger partial charge on any atom is -0.342 e. The Morgan fingerprint density at radius 3 is 2.86 bits per heavy atom. The van der Waals surface area contributed by atoms with Gasteiger partial charge in [0.15, 0.2) is 0 Å². The Labute approximate surface area is 170 Å². The molecule has 1 N–H and O–H groups in total. The largest absolute Gasteiger partial charge is 0.342 e. The molecule has 148 valence electrons. The fourth-order valence-corrected chi connectivity index (χ4v) is 3.53. The fraction of sp³-hybridized carbons (Fsp3) is 0.318. The lowest BCUT2D eigenvalue weighted by molar-refractivity contribution is -0.131. The van der Waals surface area contributed by atoms with Crippen LogP contribution in [-0.2, 0) is 11.2 Å². The molecule has 0 aliphatic carbocycles. The van der Waals surface area contributed by atoms with Crippen LogP contribution >= 0.6 is 0 Å². The van der Waals surface area contributed by atoms with Gasteiger partial charge in [-0.25, -0.2) is 15.0 Å². The molecular formula is C22H24N6O. The second kappa shape index (κ2) is 8.77. The Balaban J connectivity index is 1.42. The highest BCUT2D eigenvalue weighted by atomic mass is 16.2. The number of rotatable bonds is 5. The van der Waals surface area contributed by atoms with Crippen LogP contribution in [0.4, 0.5) is 11.8 Å². The van der Waals surface area contributed by atoms with Crippen LogP contribution < -0.4 is 5.32 Å². The van der Waals surface area contributed by atoms with Gasteiger partial charge in [0, 0.05) is 43.3 Å². The number of amides is 1. The van der Waals surface area contributed by atoms with E-state index in [0.29, 0.717) is 24.7 Å². The second-order valence-corrected chi connectivity index (χ2v) is 7.33. The summed E-state index contributed by atoms with van der Waals surface area (Å²) in [6.07, 6.45) is 7.59. The number of hydrogen-bond acceptors (Lipinski definition) is 6. The maximum atomic E-state index is 12.7. The van der Waals surface area contributed by atoms with Gasteiger partial charge in [0.2, 0.25) is 11.9 Å². The van der Waals surface area contributed by atoms with Crippen LogP contribution in [0.2, 0.25) is 0 Å². The molecule has 7 heteroatoms. The molecule has 1 aliphatic rings. The van der Waals surface area contributed by atoms with Gasteiger partial charge in [-0.3, -0.25) is 9.78 Å². The summed E-state index contributed by atoms with van der Waals surface area (Å²) in [5.41, 5.74) is 2.85. The number of carbonyl (C=O) groups is 1. The predicted octanol–water partition coefficient (Wildman–Crippen LogP) is 3.27. The standard InChI is InChI=1S/C22H24N6O/c1-16-7-8-20(25-14-16)27-22-24-11-9-19(26-22)17-5-4-12-28(15-17)21(29)13-18-6-2-3-10-23-18/h2-3,6-11,14,17H,4-5,12-13,15H2,1H3,(H,24,25,26,27). The fourth-order valence-electron chi connectivity index (χ4n) is 3.53. The van der Waals surface area contributed by atoms with Crippen LogP contribution in [0.5, 0.6) is 0 Å². The quantitative estimate of drug-likeness (QED) is 0.722. The Morgan fingerprint density at radius 2 is 2.07 bits per heavy atom. The first-order valence-electron chi connectivity index (χ1n) is 9.88. The number of hydrogen-bond donors (Lipinski definition) is 1. The molecule has 0 saturated carbocycles. The molecule has 1 aliphatic heterocycles. The molecule has 7 nitrogen and oxygen atoms in total. The van der Waals surface area contributed by atoms with Gasteiger partial charge in [-0.1, -0.05) is 12.1 Å². The van der Waals surface area contributed by atoms with Gasteiger partial charge in [-0.15, -0.1) is 0 Å². The molecule has 1 amide bonds. The molecule has 0 spiro atoms. The summed E-state index contributed by atoms with van der Waals surface area (Å²) >= 11 is 0. The maximum Gasteiger partial charge on any atom is 0.228 e. The molecule has 0 radical (unpaired) electrons. The molecule has 3 aromatic rings. The number of piperidine rings is 1. The summed E-state index contributed by atoms with van der Waals surface area (Å²) in [6.45, 7) is 3.45. The minimum absolute atomic E-state index is 0.115. The van der Waals surface area contributed by atoms with Crippen molar-refractivity contribution in [2.75, 3.05) is 18.4 Å². The minimum atomic E-state index is 0.115. The Morgan fingerprint density at radius 1 is 1.14 bits per heavy atom. The van der Waals surface area contributed by atoms with E-state index in [-0.39, 0.29) is 11.8 Å². The van der Waals surface area contributed by atoms with Crippen molar-refractivity contribution >= 4 is 17.7 Å². The van der Waals surface area contributed by atoms with Crippen LogP contribution in [0, 0.1) is 6.92 Å². The van der Waals surface area contributed by atoms with Crippen molar-refractivity contribution in [3.63, 3.8) is 0 Å². The van der Waals surface area contributed by atoms with E-state index in [9.17, 15) is 4.79 Å². The number of aromatic nitrogens is 4. The van der Waals surface area contributed by atoms with E-state index in [2.05, 4.69) is 25.3 Å². The third-order valence-corrected chi connectivity index (χ3v) is 5.08. The first-order chi connectivity index (χ1) is 14.2. The number of aryl methyl sites for hydroxylation is 1. The Bertz CT molecular complexity index is 961. The average Bonchev–Trinajstić information content (AvgIpc) is 2.76. The van der Waals surface area contributed by atoms with Crippen molar-refractivity contribution < 1.29 is 4.79 Å². The van der Waals surface area contributed by atoms with Crippen molar-refractivity contribution in [2.24, 2.45) is 0 Å². The molecule has 1 fully saturated rings. The summed E-state index contributed by atoms with van der Waals surface area (Å²) in [7, 11) is 0. The van der Waals surface area contributed by atoms with Crippen molar-refractivity contribution in [1.82, 2.24) is 24.8 Å². The molecule has 1 atom stereocenters. The molecule has 0 bridgehead atoms. The van der Waals surface area contributed by atoms with E-state index in [0.717, 1.165) is 36.3 Å². The van der Waals surface area contributed by atoms with Gasteiger partial charge in [-0.2, -0.15) is 0 Å². The summed E-state index contributed by atoms with van der Waals surface area (Å²) in [6, 6.07) is 11.5. The number of pyridine rings is 2. The third kappa shape index (κ3) is 4.93. The van der Waals surface area contributed by atoms with Crippen LogP contribution in [0.3, 0.4) is 0 Å². The lowest BCUT2D eigenvalue weighted by Gasteiger charge is -2.32. The van der Waals surface area contributed by atoms with Crippen molar-refractivity contribution in [2.45, 2.75) is 32.1 Å². The first-order valence-corrected chi connectivity index (χ1v) is 9.88. The van der Waals surface area contributed by atoms with E-state index in [1.807, 2.05) is 48.2 Å². The van der Waals surface area contributed by atoms with Crippen LogP contribution in [0.25, 0.3) is 0 Å². The maximum absolute atomic E-state index is 12.7. The molecule has 1 unspecified atom stereocenters. The molecule has 0 aromatic carbocycles. The number of nitrogens with one attached hydrogen (secondary N) is 1. The van der Waals surface area contributed by atoms with Crippen molar-refractivity contribution in [3.05, 3.63) is 71.9 Å². The molecule has 1 saturated heterocycles. The van der Waals surface area contributed by atoms with E-state index in [4.69, 9.17) is 0 Å². The van der Waals surface area contributed by atoms with E-state index < -0.39 is 0 Å². The topological polar surface area (TPSA) is 83.9 Å². The Hall–Kier alpha value is -3.35. The lowest BCUT2D eigenvalue weighted by Crippen LogP contribution is -2.40. The highest BCUT2D eigenvalue weighted by Gasteiger charge is 2.26. The monoisotopic (exact) mass is 388 g/mol. The molecule has 4 rings (SSSR count). The summed E-state index contributed by atoms with van der Waals surface area (Å²) in [5, 5.41) is 3.16. The highest BCUT2D eigenvalue weighted by molar-refractivity contribution is 5.78. The van der Waals surface area contributed by atoms with Crippen LogP contribution in [-0.4, -0.2) is 43.8 Å². The lowest BCUT2D eigenvalue weighted by atomic mass is 9.94. The van der Waals surface area contributed by atoms with Crippen molar-refractivity contribution in [1.29, 1.82) is 0 Å². The van der Waals surface area contributed by atoms with Gasteiger partial charge in [0.25, 0.3) is 0 Å². The van der Waals surface area contributed by atoms with Crippen LogP contribution in [0.15, 0.2) is 55.0 Å². The van der Waals surface area contributed by atoms with Gasteiger partial charge < -0.3 is 10.2 Å². The van der Waals surface area contributed by atoms with E-state index >= 15 is 0 Å². The number of likely N-dealkylation sites (tertiary alicyclic amines) is 1. The molecule has 29 heavy (non-hydrogen) atoms. The first kappa shape index (κ1) is 19.0. The molecule has 3 aromatic heterocycles. The SMILES string of the molecule is Cc1ccc(Nc2nccc(C3CCCN(C(=O)Cc4ccccn4)C3)n2)nc1.